The Morgan fingerprint density at radius 1 is 1.29 bits per heavy atom. The third kappa shape index (κ3) is 4.46. The lowest BCUT2D eigenvalue weighted by Gasteiger charge is -2.24. The predicted octanol–water partition coefficient (Wildman–Crippen LogP) is 3.20. The minimum Gasteiger partial charge on any atom is -0.493 e. The van der Waals surface area contributed by atoms with Gasteiger partial charge in [0.2, 0.25) is 11.9 Å². The molecule has 0 radical (unpaired) electrons. The summed E-state index contributed by atoms with van der Waals surface area (Å²) in [5.74, 6) is 0.770. The number of aromatic nitrogens is 3. The molecule has 3 aromatic rings. The maximum absolute atomic E-state index is 12.3. The lowest BCUT2D eigenvalue weighted by atomic mass is 10.0. The zero-order valence-corrected chi connectivity index (χ0v) is 17.6. The number of nitrogens with zero attached hydrogens (tertiary/aromatic N) is 3. The van der Waals surface area contributed by atoms with E-state index in [1.165, 1.54) is 13.4 Å². The second-order valence-corrected chi connectivity index (χ2v) is 7.41. The standard InChI is InChI=1S/C21H20ClN5O4/c1-12-3-5-14(8-15(12)22)25-20(29)10-31-17-6-4-13(7-18(17)30-2)16-9-19(28)26-21-23-11-24-27(16)21/h3-8,11,16H,9-10H2,1-2H3,(H,25,29)(H,23,24,26,28). The highest BCUT2D eigenvalue weighted by Crippen LogP contribution is 2.35. The van der Waals surface area contributed by atoms with Crippen LogP contribution in [0.25, 0.3) is 0 Å². The van der Waals surface area contributed by atoms with Crippen LogP contribution in [0, 0.1) is 6.92 Å². The number of fused-ring (bicyclic) bond motifs is 1. The van der Waals surface area contributed by atoms with Crippen LogP contribution >= 0.6 is 11.6 Å². The van der Waals surface area contributed by atoms with Crippen molar-refractivity contribution in [3.05, 3.63) is 58.9 Å². The van der Waals surface area contributed by atoms with Gasteiger partial charge < -0.3 is 14.8 Å². The van der Waals surface area contributed by atoms with Gasteiger partial charge >= 0.3 is 0 Å². The minimum atomic E-state index is -0.331. The molecule has 0 bridgehead atoms. The predicted molar refractivity (Wildman–Crippen MR) is 115 cm³/mol. The first kappa shape index (κ1) is 20.7. The average Bonchev–Trinajstić information content (AvgIpc) is 3.22. The van der Waals surface area contributed by atoms with Crippen LogP contribution in [0.15, 0.2) is 42.7 Å². The number of aryl methyl sites for hydroxylation is 1. The molecular formula is C21H20ClN5O4. The maximum atomic E-state index is 12.3. The highest BCUT2D eigenvalue weighted by Gasteiger charge is 2.28. The van der Waals surface area contributed by atoms with Gasteiger partial charge in [-0.05, 0) is 42.3 Å². The summed E-state index contributed by atoms with van der Waals surface area (Å²) in [5, 5.41) is 10.2. The smallest absolute Gasteiger partial charge is 0.262 e. The third-order valence-corrected chi connectivity index (χ3v) is 5.29. The highest BCUT2D eigenvalue weighted by atomic mass is 35.5. The van der Waals surface area contributed by atoms with Crippen molar-refractivity contribution in [2.75, 3.05) is 24.4 Å². The molecule has 2 N–H and O–H groups in total. The molecule has 0 fully saturated rings. The summed E-state index contributed by atoms with van der Waals surface area (Å²) in [5.41, 5.74) is 2.32. The number of anilines is 2. The second-order valence-electron chi connectivity index (χ2n) is 7.01. The molecule has 1 aliphatic heterocycles. The van der Waals surface area contributed by atoms with E-state index < -0.39 is 0 Å². The molecule has 0 saturated heterocycles. The van der Waals surface area contributed by atoms with Gasteiger partial charge in [0.05, 0.1) is 19.6 Å². The van der Waals surface area contributed by atoms with Gasteiger partial charge in [-0.1, -0.05) is 23.7 Å². The van der Waals surface area contributed by atoms with Gasteiger partial charge in [-0.25, -0.2) is 4.68 Å². The fraction of sp³-hybridized carbons (Fsp3) is 0.238. The van der Waals surface area contributed by atoms with Gasteiger partial charge in [0.25, 0.3) is 5.91 Å². The molecule has 1 atom stereocenters. The number of methoxy groups -OCH3 is 1. The Bertz CT molecular complexity index is 1150. The largest absolute Gasteiger partial charge is 0.493 e. The number of nitrogens with one attached hydrogen (secondary N) is 2. The monoisotopic (exact) mass is 441 g/mol. The number of hydrogen-bond acceptors (Lipinski definition) is 6. The summed E-state index contributed by atoms with van der Waals surface area (Å²) in [4.78, 5) is 28.3. The van der Waals surface area contributed by atoms with Gasteiger partial charge in [0.15, 0.2) is 18.1 Å². The average molecular weight is 442 g/mol. The fourth-order valence-electron chi connectivity index (χ4n) is 3.29. The van der Waals surface area contributed by atoms with E-state index in [4.69, 9.17) is 21.1 Å². The molecular weight excluding hydrogens is 422 g/mol. The molecule has 10 heteroatoms. The summed E-state index contributed by atoms with van der Waals surface area (Å²) in [6.45, 7) is 1.68. The molecule has 160 valence electrons. The van der Waals surface area contributed by atoms with E-state index >= 15 is 0 Å². The van der Waals surface area contributed by atoms with E-state index in [0.29, 0.717) is 28.2 Å². The number of carbonyl (C=O) groups is 2. The quantitative estimate of drug-likeness (QED) is 0.608. The van der Waals surface area contributed by atoms with Crippen molar-refractivity contribution < 1.29 is 19.1 Å². The van der Waals surface area contributed by atoms with Gasteiger partial charge in [-0.3, -0.25) is 14.9 Å². The Labute approximate surface area is 183 Å². The molecule has 1 aromatic heterocycles. The Kier molecular flexibility index (Phi) is 5.77. The molecule has 2 amide bonds. The van der Waals surface area contributed by atoms with Gasteiger partial charge in [-0.2, -0.15) is 10.1 Å². The number of ether oxygens (including phenoxy) is 2. The van der Waals surface area contributed by atoms with Crippen molar-refractivity contribution in [3.63, 3.8) is 0 Å². The number of rotatable bonds is 6. The van der Waals surface area contributed by atoms with E-state index in [-0.39, 0.29) is 30.9 Å². The second kappa shape index (κ2) is 8.65. The summed E-state index contributed by atoms with van der Waals surface area (Å²) in [7, 11) is 1.51. The van der Waals surface area contributed by atoms with Crippen molar-refractivity contribution in [2.24, 2.45) is 0 Å². The Hall–Kier alpha value is -3.59. The Balaban J connectivity index is 1.46. The van der Waals surface area contributed by atoms with Gasteiger partial charge in [0.1, 0.15) is 6.33 Å². The van der Waals surface area contributed by atoms with Crippen LogP contribution < -0.4 is 20.1 Å². The normalized spacial score (nSPS) is 15.1. The molecule has 4 rings (SSSR count). The van der Waals surface area contributed by atoms with Crippen LogP contribution in [0.2, 0.25) is 5.02 Å². The number of benzene rings is 2. The van der Waals surface area contributed by atoms with Crippen molar-refractivity contribution in [3.8, 4) is 11.5 Å². The number of hydrogen-bond donors (Lipinski definition) is 2. The topological polar surface area (TPSA) is 107 Å². The summed E-state index contributed by atoms with van der Waals surface area (Å²) >= 11 is 6.09. The molecule has 0 saturated carbocycles. The lowest BCUT2D eigenvalue weighted by Crippen LogP contribution is -2.29. The van der Waals surface area contributed by atoms with Crippen LogP contribution in [0.4, 0.5) is 11.6 Å². The van der Waals surface area contributed by atoms with Crippen molar-refractivity contribution in [2.45, 2.75) is 19.4 Å². The summed E-state index contributed by atoms with van der Waals surface area (Å²) in [6.07, 6.45) is 1.61. The molecule has 9 nitrogen and oxygen atoms in total. The van der Waals surface area contributed by atoms with Crippen molar-refractivity contribution in [1.82, 2.24) is 14.8 Å². The molecule has 1 unspecified atom stereocenters. The van der Waals surface area contributed by atoms with E-state index in [1.807, 2.05) is 19.1 Å². The Morgan fingerprint density at radius 2 is 2.13 bits per heavy atom. The van der Waals surface area contributed by atoms with Crippen molar-refractivity contribution in [1.29, 1.82) is 0 Å². The van der Waals surface area contributed by atoms with Crippen LogP contribution in [0.5, 0.6) is 11.5 Å². The van der Waals surface area contributed by atoms with Crippen molar-refractivity contribution >= 4 is 35.1 Å². The third-order valence-electron chi connectivity index (χ3n) is 4.89. The molecule has 0 aliphatic carbocycles. The first-order chi connectivity index (χ1) is 14.9. The number of carbonyl (C=O) groups excluding carboxylic acids is 2. The van der Waals surface area contributed by atoms with Gasteiger partial charge in [0, 0.05) is 10.7 Å². The fourth-order valence-corrected chi connectivity index (χ4v) is 3.47. The lowest BCUT2D eigenvalue weighted by molar-refractivity contribution is -0.118. The van der Waals surface area contributed by atoms with E-state index in [0.717, 1.165) is 11.1 Å². The zero-order valence-electron chi connectivity index (χ0n) is 16.9. The summed E-state index contributed by atoms with van der Waals surface area (Å²) < 4.78 is 12.7. The van der Waals surface area contributed by atoms with Crippen LogP contribution in [0.1, 0.15) is 23.6 Å². The molecule has 0 spiro atoms. The van der Waals surface area contributed by atoms with Crippen LogP contribution in [-0.4, -0.2) is 40.3 Å². The summed E-state index contributed by atoms with van der Waals surface area (Å²) in [6, 6.07) is 10.2. The minimum absolute atomic E-state index is 0.141. The van der Waals surface area contributed by atoms with E-state index in [2.05, 4.69) is 20.7 Å². The maximum Gasteiger partial charge on any atom is 0.262 e. The number of amides is 2. The molecule has 2 heterocycles. The van der Waals surface area contributed by atoms with E-state index in [1.54, 1.807) is 28.9 Å². The molecule has 2 aromatic carbocycles. The highest BCUT2D eigenvalue weighted by molar-refractivity contribution is 6.31. The first-order valence-electron chi connectivity index (χ1n) is 9.50. The molecule has 1 aliphatic rings. The SMILES string of the molecule is COc1cc(C2CC(=O)Nc3ncnn32)ccc1OCC(=O)Nc1ccc(C)c(Cl)c1. The number of halogens is 1. The van der Waals surface area contributed by atoms with Crippen LogP contribution in [0.3, 0.4) is 0 Å². The Morgan fingerprint density at radius 3 is 2.90 bits per heavy atom. The van der Waals surface area contributed by atoms with Gasteiger partial charge in [-0.15, -0.1) is 0 Å². The van der Waals surface area contributed by atoms with E-state index in [9.17, 15) is 9.59 Å². The van der Waals surface area contributed by atoms with Crippen LogP contribution in [-0.2, 0) is 9.59 Å². The zero-order chi connectivity index (χ0) is 22.0. The first-order valence-corrected chi connectivity index (χ1v) is 9.88. The molecule has 31 heavy (non-hydrogen) atoms.